The zero-order valence-electron chi connectivity index (χ0n) is 8.07. The van der Waals surface area contributed by atoms with Gasteiger partial charge in [0.1, 0.15) is 5.75 Å². The van der Waals surface area contributed by atoms with Gasteiger partial charge in [0.2, 0.25) is 0 Å². The molecule has 0 bridgehead atoms. The molecule has 1 saturated carbocycles. The third-order valence-corrected chi connectivity index (χ3v) is 3.92. The molecule has 0 saturated heterocycles. The number of hydrogen-bond acceptors (Lipinski definition) is 3. The first-order valence-electron chi connectivity index (χ1n) is 4.93. The Labute approximate surface area is 102 Å². The van der Waals surface area contributed by atoms with Gasteiger partial charge >= 0.3 is 0 Å². The van der Waals surface area contributed by atoms with E-state index in [-0.39, 0.29) is 11.8 Å². The number of ether oxygens (including phenoxy) is 1. The smallest absolute Gasteiger partial charge is 0.142 e. The molecule has 0 amide bonds. The first-order chi connectivity index (χ1) is 7.61. The number of aliphatic carboxylic acids is 1. The van der Waals surface area contributed by atoms with Crippen molar-refractivity contribution in [1.29, 1.82) is 0 Å². The molecular formula is C11H7Cl2O3-. The van der Waals surface area contributed by atoms with Crippen molar-refractivity contribution in [2.24, 2.45) is 11.8 Å². The molecule has 0 N–H and O–H groups in total. The Morgan fingerprint density at radius 1 is 1.38 bits per heavy atom. The van der Waals surface area contributed by atoms with Crippen LogP contribution in [0.15, 0.2) is 12.1 Å². The van der Waals surface area contributed by atoms with Crippen LogP contribution in [-0.4, -0.2) is 12.6 Å². The lowest BCUT2D eigenvalue weighted by molar-refractivity contribution is -0.308. The van der Waals surface area contributed by atoms with Gasteiger partial charge in [0.05, 0.1) is 11.6 Å². The van der Waals surface area contributed by atoms with Crippen molar-refractivity contribution in [2.75, 3.05) is 6.61 Å². The lowest BCUT2D eigenvalue weighted by atomic mass is 10.1. The summed E-state index contributed by atoms with van der Waals surface area (Å²) in [5.74, 6) is -1.12. The SMILES string of the molecule is O=C([O-])C1C2COc3c(Cl)ccc(Cl)c3C21. The number of halogens is 2. The number of carboxylic acids is 1. The molecule has 2 aliphatic rings. The van der Waals surface area contributed by atoms with E-state index in [1.807, 2.05) is 0 Å². The molecule has 3 atom stereocenters. The summed E-state index contributed by atoms with van der Waals surface area (Å²) in [6.45, 7) is 0.371. The van der Waals surface area contributed by atoms with Crippen LogP contribution in [0, 0.1) is 11.8 Å². The highest BCUT2D eigenvalue weighted by Crippen LogP contribution is 2.61. The number of rotatable bonds is 1. The summed E-state index contributed by atoms with van der Waals surface area (Å²) in [5, 5.41) is 11.9. The van der Waals surface area contributed by atoms with Gasteiger partial charge in [-0.25, -0.2) is 0 Å². The Hall–Kier alpha value is -0.930. The van der Waals surface area contributed by atoms with Crippen molar-refractivity contribution in [3.63, 3.8) is 0 Å². The fourth-order valence-corrected chi connectivity index (χ4v) is 2.98. The average molecular weight is 258 g/mol. The molecule has 16 heavy (non-hydrogen) atoms. The molecule has 1 fully saturated rings. The molecule has 5 heteroatoms. The monoisotopic (exact) mass is 257 g/mol. The molecule has 3 unspecified atom stereocenters. The molecular weight excluding hydrogens is 251 g/mol. The highest BCUT2D eigenvalue weighted by Gasteiger charge is 2.56. The predicted octanol–water partition coefficient (Wildman–Crippen LogP) is 1.47. The number of carbonyl (C=O) groups excluding carboxylic acids is 1. The van der Waals surface area contributed by atoms with E-state index in [1.54, 1.807) is 12.1 Å². The summed E-state index contributed by atoms with van der Waals surface area (Å²) in [6.07, 6.45) is 0. The molecule has 0 radical (unpaired) electrons. The Morgan fingerprint density at radius 3 is 2.75 bits per heavy atom. The van der Waals surface area contributed by atoms with Crippen LogP contribution in [0.25, 0.3) is 0 Å². The highest BCUT2D eigenvalue weighted by molar-refractivity contribution is 6.35. The molecule has 0 spiro atoms. The summed E-state index contributed by atoms with van der Waals surface area (Å²) in [6, 6.07) is 3.32. The Kier molecular flexibility index (Phi) is 2.10. The Morgan fingerprint density at radius 2 is 2.06 bits per heavy atom. The van der Waals surface area contributed by atoms with Gasteiger partial charge in [-0.05, 0) is 12.1 Å². The fraction of sp³-hybridized carbons (Fsp3) is 0.364. The van der Waals surface area contributed by atoms with E-state index in [4.69, 9.17) is 27.9 Å². The average Bonchev–Trinajstić information content (AvgIpc) is 2.97. The molecule has 1 aromatic carbocycles. The number of carbonyl (C=O) groups is 1. The van der Waals surface area contributed by atoms with E-state index in [2.05, 4.69) is 0 Å². The molecule has 84 valence electrons. The predicted molar refractivity (Wildman–Crippen MR) is 56.7 cm³/mol. The number of carboxylic acid groups (broad SMARTS) is 1. The maximum atomic E-state index is 10.9. The third-order valence-electron chi connectivity index (χ3n) is 3.29. The maximum Gasteiger partial charge on any atom is 0.142 e. The minimum absolute atomic E-state index is 0.0199. The summed E-state index contributed by atoms with van der Waals surface area (Å²) in [7, 11) is 0. The van der Waals surface area contributed by atoms with Crippen molar-refractivity contribution in [2.45, 2.75) is 5.92 Å². The van der Waals surface area contributed by atoms with Crippen LogP contribution in [0.4, 0.5) is 0 Å². The van der Waals surface area contributed by atoms with Crippen molar-refractivity contribution < 1.29 is 14.6 Å². The number of benzene rings is 1. The van der Waals surface area contributed by atoms with Crippen LogP contribution in [0.5, 0.6) is 5.75 Å². The lowest BCUT2D eigenvalue weighted by Crippen LogP contribution is -2.25. The second kappa shape index (κ2) is 3.28. The lowest BCUT2D eigenvalue weighted by Gasteiger charge is -2.18. The van der Waals surface area contributed by atoms with Gasteiger partial charge in [-0.3, -0.25) is 0 Å². The van der Waals surface area contributed by atoms with E-state index in [1.165, 1.54) is 0 Å². The van der Waals surface area contributed by atoms with Crippen molar-refractivity contribution in [1.82, 2.24) is 0 Å². The maximum absolute atomic E-state index is 10.9. The van der Waals surface area contributed by atoms with Crippen molar-refractivity contribution >= 4 is 29.2 Å². The van der Waals surface area contributed by atoms with Crippen molar-refractivity contribution in [3.8, 4) is 5.75 Å². The third kappa shape index (κ3) is 1.25. The standard InChI is InChI=1S/C11H8Cl2O3/c12-5-1-2-6(13)10-9(5)7-4(3-16-10)8(7)11(14)15/h1-2,4,7-8H,3H2,(H,14,15)/p-1. The van der Waals surface area contributed by atoms with Crippen LogP contribution in [0.3, 0.4) is 0 Å². The normalized spacial score (nSPS) is 30.0. The second-order valence-electron chi connectivity index (χ2n) is 4.12. The van der Waals surface area contributed by atoms with Crippen LogP contribution in [0.2, 0.25) is 10.0 Å². The van der Waals surface area contributed by atoms with Crippen molar-refractivity contribution in [3.05, 3.63) is 27.7 Å². The van der Waals surface area contributed by atoms with Crippen LogP contribution < -0.4 is 9.84 Å². The molecule has 1 aliphatic carbocycles. The molecule has 1 heterocycles. The summed E-state index contributed by atoms with van der Waals surface area (Å²) < 4.78 is 5.46. The second-order valence-corrected chi connectivity index (χ2v) is 4.93. The quantitative estimate of drug-likeness (QED) is 0.766. The van der Waals surface area contributed by atoms with Gasteiger partial charge in [0.15, 0.2) is 0 Å². The molecule has 3 nitrogen and oxygen atoms in total. The Balaban J connectivity index is 2.10. The van der Waals surface area contributed by atoms with Gasteiger partial charge in [-0.1, -0.05) is 23.2 Å². The first-order valence-corrected chi connectivity index (χ1v) is 5.68. The Bertz CT molecular complexity index is 486. The largest absolute Gasteiger partial charge is 0.550 e. The topological polar surface area (TPSA) is 49.4 Å². The summed E-state index contributed by atoms with van der Waals surface area (Å²) >= 11 is 12.0. The summed E-state index contributed by atoms with van der Waals surface area (Å²) in [5.41, 5.74) is 0.722. The van der Waals surface area contributed by atoms with Gasteiger partial charge in [0, 0.05) is 34.3 Å². The minimum Gasteiger partial charge on any atom is -0.550 e. The van der Waals surface area contributed by atoms with E-state index in [9.17, 15) is 9.90 Å². The number of hydrogen-bond donors (Lipinski definition) is 0. The van der Waals surface area contributed by atoms with Crippen LogP contribution in [0.1, 0.15) is 11.5 Å². The van der Waals surface area contributed by atoms with E-state index >= 15 is 0 Å². The van der Waals surface area contributed by atoms with E-state index < -0.39 is 11.9 Å². The summed E-state index contributed by atoms with van der Waals surface area (Å²) in [4.78, 5) is 10.9. The van der Waals surface area contributed by atoms with Crippen LogP contribution >= 0.6 is 23.2 Å². The van der Waals surface area contributed by atoms with E-state index in [0.29, 0.717) is 22.4 Å². The molecule has 1 aromatic rings. The molecule has 3 rings (SSSR count). The minimum atomic E-state index is -1.04. The fourth-order valence-electron chi connectivity index (χ4n) is 2.48. The molecule has 0 aromatic heterocycles. The first kappa shape index (κ1) is 10.2. The van der Waals surface area contributed by atoms with Gasteiger partial charge in [0.25, 0.3) is 0 Å². The zero-order valence-corrected chi connectivity index (χ0v) is 9.59. The van der Waals surface area contributed by atoms with Crippen LogP contribution in [-0.2, 0) is 4.79 Å². The van der Waals surface area contributed by atoms with E-state index in [0.717, 1.165) is 5.56 Å². The van der Waals surface area contributed by atoms with Gasteiger partial charge in [-0.2, -0.15) is 0 Å². The zero-order chi connectivity index (χ0) is 11.4. The molecule has 1 aliphatic heterocycles. The van der Waals surface area contributed by atoms with Gasteiger partial charge in [-0.15, -0.1) is 0 Å². The number of fused-ring (bicyclic) bond motifs is 3. The highest BCUT2D eigenvalue weighted by atomic mass is 35.5. The van der Waals surface area contributed by atoms with Gasteiger partial charge < -0.3 is 14.6 Å².